The number of nitrogens with zero attached hydrogens (tertiary/aromatic N) is 3. The minimum atomic E-state index is -3.75. The summed E-state index contributed by atoms with van der Waals surface area (Å²) in [6, 6.07) is 5.83. The lowest BCUT2D eigenvalue weighted by Crippen LogP contribution is -2.32. The molecule has 0 spiro atoms. The Morgan fingerprint density at radius 1 is 1.08 bits per heavy atom. The third kappa shape index (κ3) is 4.20. The minimum Gasteiger partial charge on any atom is -0.290 e. The lowest BCUT2D eigenvalue weighted by atomic mass is 10.2. The number of rotatable bonds is 4. The second-order valence-electron chi connectivity index (χ2n) is 5.99. The third-order valence-corrected chi connectivity index (χ3v) is 6.55. The molecule has 0 unspecified atom stereocenters. The number of hydrogen-bond donors (Lipinski definition) is 1. The van der Waals surface area contributed by atoms with E-state index in [-0.39, 0.29) is 21.4 Å². The van der Waals surface area contributed by atoms with Gasteiger partial charge in [-0.1, -0.05) is 24.4 Å². The topological polar surface area (TPSA) is 92.3 Å². The van der Waals surface area contributed by atoms with E-state index in [1.807, 2.05) is 0 Å². The fourth-order valence-electron chi connectivity index (χ4n) is 2.80. The van der Waals surface area contributed by atoms with Gasteiger partial charge in [-0.3, -0.25) is 10.1 Å². The maximum atomic E-state index is 13.0. The zero-order chi connectivity index (χ0) is 18.6. The maximum absolute atomic E-state index is 13.0. The standard InChI is InChI=1S/C17H19ClN4O3S/c18-14-7-6-13(16(23)21-17-19-8-5-9-20-17)12-15(14)26(24,25)22-10-3-1-2-4-11-22/h5-9,12H,1-4,10-11H2,(H,19,20,21,23). The van der Waals surface area contributed by atoms with Crippen molar-refractivity contribution in [3.05, 3.63) is 47.2 Å². The van der Waals surface area contributed by atoms with Gasteiger partial charge in [0.2, 0.25) is 16.0 Å². The van der Waals surface area contributed by atoms with Crippen LogP contribution in [0.4, 0.5) is 5.95 Å². The molecule has 0 atom stereocenters. The number of anilines is 1. The van der Waals surface area contributed by atoms with Crippen molar-refractivity contribution in [2.24, 2.45) is 0 Å². The Morgan fingerprint density at radius 3 is 2.38 bits per heavy atom. The first kappa shape index (κ1) is 18.8. The monoisotopic (exact) mass is 394 g/mol. The summed E-state index contributed by atoms with van der Waals surface area (Å²) in [4.78, 5) is 20.2. The van der Waals surface area contributed by atoms with Crippen LogP contribution in [0.25, 0.3) is 0 Å². The zero-order valence-corrected chi connectivity index (χ0v) is 15.6. The molecule has 1 aliphatic heterocycles. The predicted molar refractivity (Wildman–Crippen MR) is 98.7 cm³/mol. The number of sulfonamides is 1. The molecule has 7 nitrogen and oxygen atoms in total. The van der Waals surface area contributed by atoms with Gasteiger partial charge in [0, 0.05) is 31.0 Å². The molecule has 1 N–H and O–H groups in total. The molecule has 2 heterocycles. The van der Waals surface area contributed by atoms with Crippen LogP contribution in [0.15, 0.2) is 41.6 Å². The molecule has 0 aliphatic carbocycles. The SMILES string of the molecule is O=C(Nc1ncccn1)c1ccc(Cl)c(S(=O)(=O)N2CCCCCC2)c1. The highest BCUT2D eigenvalue weighted by Crippen LogP contribution is 2.27. The fourth-order valence-corrected chi connectivity index (χ4v) is 4.82. The number of benzene rings is 1. The van der Waals surface area contributed by atoms with Crippen LogP contribution in [0.3, 0.4) is 0 Å². The summed E-state index contributed by atoms with van der Waals surface area (Å²) in [6.07, 6.45) is 6.67. The molecule has 3 rings (SSSR count). The maximum Gasteiger partial charge on any atom is 0.258 e. The highest BCUT2D eigenvalue weighted by Gasteiger charge is 2.28. The Labute approximate surface area is 157 Å². The van der Waals surface area contributed by atoms with Crippen molar-refractivity contribution in [2.75, 3.05) is 18.4 Å². The van der Waals surface area contributed by atoms with Crippen LogP contribution in [0, 0.1) is 0 Å². The van der Waals surface area contributed by atoms with E-state index in [1.165, 1.54) is 34.9 Å². The second kappa shape index (κ2) is 8.11. The van der Waals surface area contributed by atoms with E-state index in [0.717, 1.165) is 25.7 Å². The van der Waals surface area contributed by atoms with Crippen LogP contribution in [0.2, 0.25) is 5.02 Å². The van der Waals surface area contributed by atoms with Crippen molar-refractivity contribution in [3.8, 4) is 0 Å². The van der Waals surface area contributed by atoms with E-state index < -0.39 is 15.9 Å². The molecular weight excluding hydrogens is 376 g/mol. The van der Waals surface area contributed by atoms with E-state index in [9.17, 15) is 13.2 Å². The number of hydrogen-bond acceptors (Lipinski definition) is 5. The molecule has 9 heteroatoms. The van der Waals surface area contributed by atoms with Crippen molar-refractivity contribution in [2.45, 2.75) is 30.6 Å². The molecule has 2 aromatic rings. The van der Waals surface area contributed by atoms with Crippen molar-refractivity contribution >= 4 is 33.5 Å². The minimum absolute atomic E-state index is 0.0531. The van der Waals surface area contributed by atoms with Crippen molar-refractivity contribution in [1.82, 2.24) is 14.3 Å². The largest absolute Gasteiger partial charge is 0.290 e. The van der Waals surface area contributed by atoms with Gasteiger partial charge in [-0.15, -0.1) is 0 Å². The fraction of sp³-hybridized carbons (Fsp3) is 0.353. The number of aromatic nitrogens is 2. The van der Waals surface area contributed by atoms with E-state index in [0.29, 0.717) is 13.1 Å². The molecule has 0 bridgehead atoms. The summed E-state index contributed by atoms with van der Waals surface area (Å²) in [5.74, 6) is -0.357. The summed E-state index contributed by atoms with van der Waals surface area (Å²) in [5.41, 5.74) is 0.176. The Morgan fingerprint density at radius 2 is 1.73 bits per heavy atom. The Hall–Kier alpha value is -2.03. The van der Waals surface area contributed by atoms with Crippen LogP contribution in [-0.4, -0.2) is 41.7 Å². The summed E-state index contributed by atoms with van der Waals surface area (Å²) in [7, 11) is -3.75. The van der Waals surface area contributed by atoms with Gasteiger partial charge >= 0.3 is 0 Å². The van der Waals surface area contributed by atoms with Crippen molar-refractivity contribution < 1.29 is 13.2 Å². The van der Waals surface area contributed by atoms with Crippen LogP contribution >= 0.6 is 11.6 Å². The summed E-state index contributed by atoms with van der Waals surface area (Å²) >= 11 is 6.14. The van der Waals surface area contributed by atoms with E-state index in [1.54, 1.807) is 6.07 Å². The molecule has 1 aliphatic rings. The van der Waals surface area contributed by atoms with Gasteiger partial charge < -0.3 is 0 Å². The van der Waals surface area contributed by atoms with Gasteiger partial charge in [-0.25, -0.2) is 18.4 Å². The first-order valence-electron chi connectivity index (χ1n) is 8.36. The molecule has 26 heavy (non-hydrogen) atoms. The highest BCUT2D eigenvalue weighted by molar-refractivity contribution is 7.89. The molecule has 0 radical (unpaired) electrons. The van der Waals surface area contributed by atoms with Crippen LogP contribution < -0.4 is 5.32 Å². The number of amides is 1. The summed E-state index contributed by atoms with van der Waals surface area (Å²) in [6.45, 7) is 0.930. The second-order valence-corrected chi connectivity index (χ2v) is 8.30. The average molecular weight is 395 g/mol. The first-order chi connectivity index (χ1) is 12.5. The summed E-state index contributed by atoms with van der Waals surface area (Å²) < 4.78 is 27.4. The number of carbonyl (C=O) groups excluding carboxylic acids is 1. The number of nitrogens with one attached hydrogen (secondary N) is 1. The summed E-state index contributed by atoms with van der Waals surface area (Å²) in [5, 5.41) is 2.63. The molecular formula is C17H19ClN4O3S. The molecule has 0 saturated carbocycles. The first-order valence-corrected chi connectivity index (χ1v) is 10.2. The molecule has 1 aromatic heterocycles. The highest BCUT2D eigenvalue weighted by atomic mass is 35.5. The average Bonchev–Trinajstić information content (AvgIpc) is 2.92. The number of carbonyl (C=O) groups is 1. The van der Waals surface area contributed by atoms with Crippen LogP contribution in [0.1, 0.15) is 36.0 Å². The number of halogens is 1. The van der Waals surface area contributed by atoms with E-state index in [4.69, 9.17) is 11.6 Å². The molecule has 1 amide bonds. The van der Waals surface area contributed by atoms with Gasteiger partial charge in [0.1, 0.15) is 4.90 Å². The molecule has 1 fully saturated rings. The van der Waals surface area contributed by atoms with Gasteiger partial charge in [0.05, 0.1) is 5.02 Å². The Balaban J connectivity index is 1.88. The van der Waals surface area contributed by atoms with Gasteiger partial charge in [0.25, 0.3) is 5.91 Å². The Bertz CT molecular complexity index is 882. The molecule has 138 valence electrons. The van der Waals surface area contributed by atoms with Gasteiger partial charge in [0.15, 0.2) is 0 Å². The zero-order valence-electron chi connectivity index (χ0n) is 14.1. The normalized spacial score (nSPS) is 16.0. The van der Waals surface area contributed by atoms with Gasteiger partial charge in [-0.05, 0) is 37.1 Å². The van der Waals surface area contributed by atoms with E-state index >= 15 is 0 Å². The van der Waals surface area contributed by atoms with Crippen molar-refractivity contribution in [1.29, 1.82) is 0 Å². The lowest BCUT2D eigenvalue weighted by Gasteiger charge is -2.21. The van der Waals surface area contributed by atoms with E-state index in [2.05, 4.69) is 15.3 Å². The van der Waals surface area contributed by atoms with Crippen LogP contribution in [0.5, 0.6) is 0 Å². The molecule has 1 aromatic carbocycles. The van der Waals surface area contributed by atoms with Gasteiger partial charge in [-0.2, -0.15) is 4.31 Å². The predicted octanol–water partition coefficient (Wildman–Crippen LogP) is 2.95. The third-order valence-electron chi connectivity index (χ3n) is 4.17. The lowest BCUT2D eigenvalue weighted by molar-refractivity contribution is 0.102. The molecule has 1 saturated heterocycles. The van der Waals surface area contributed by atoms with Crippen molar-refractivity contribution in [3.63, 3.8) is 0 Å². The Kier molecular flexibility index (Phi) is 5.85. The smallest absolute Gasteiger partial charge is 0.258 e. The quantitative estimate of drug-likeness (QED) is 0.860. The van der Waals surface area contributed by atoms with Crippen LogP contribution in [-0.2, 0) is 10.0 Å².